The van der Waals surface area contributed by atoms with Crippen molar-refractivity contribution in [3.8, 4) is 50.9 Å². The molecule has 2 aliphatic rings. The largest absolute Gasteiger partial charge is 0.510 e. The van der Waals surface area contributed by atoms with E-state index in [4.69, 9.17) is 9.72 Å². The van der Waals surface area contributed by atoms with Gasteiger partial charge in [0.25, 0.3) is 6.33 Å². The first-order valence-corrected chi connectivity index (χ1v) is 34.1. The Labute approximate surface area is 499 Å². The molecule has 0 atom stereocenters. The molecule has 0 unspecified atom stereocenters. The van der Waals surface area contributed by atoms with Gasteiger partial charge in [-0.25, -0.2) is 4.98 Å². The normalized spacial score (nSPS) is 15.1. The number of hydrogen-bond acceptors (Lipinski definition) is 2. The van der Waals surface area contributed by atoms with Crippen LogP contribution in [0.1, 0.15) is 64.9 Å². The van der Waals surface area contributed by atoms with Crippen LogP contribution in [0.2, 0.25) is 24.2 Å². The second kappa shape index (κ2) is 22.2. The summed E-state index contributed by atoms with van der Waals surface area (Å²) in [5.41, 5.74) is 12.0. The van der Waals surface area contributed by atoms with Gasteiger partial charge < -0.3 is 13.9 Å². The van der Waals surface area contributed by atoms with Crippen molar-refractivity contribution < 1.29 is 30.4 Å². The molecule has 0 aliphatic carbocycles. The summed E-state index contributed by atoms with van der Waals surface area (Å²) in [5.74, 6) is 2.04. The van der Waals surface area contributed by atoms with Crippen molar-refractivity contribution in [2.75, 3.05) is 0 Å². The van der Waals surface area contributed by atoms with Crippen molar-refractivity contribution in [1.82, 2.24) is 14.1 Å². The van der Waals surface area contributed by atoms with E-state index in [0.717, 1.165) is 50.0 Å². The SMILES string of the molecule is CC(C)(C)c1ccnc(-n2c3[c-]c(Oc4[c-]c(-n5[c-][n+](-c6c(-c7cccc([Si]8(c9ccccc9)CCCCC8)c7)cccc6-c6cccc([Si]7(c8ccccc8)CCCCC7)c6)c6ccccc65)ccc4)ccc3c3ccccc32)c1.[Pt]. The maximum absolute atomic E-state index is 6.80. The minimum atomic E-state index is -2.04. The van der Waals surface area contributed by atoms with Crippen LogP contribution in [-0.2, 0) is 26.5 Å². The second-order valence-electron chi connectivity index (χ2n) is 23.7. The first-order valence-electron chi connectivity index (χ1n) is 29.3. The van der Waals surface area contributed by atoms with Crippen molar-refractivity contribution in [2.45, 2.75) is 88.9 Å². The topological polar surface area (TPSA) is 35.9 Å². The quantitative estimate of drug-likeness (QED) is 0.0735. The molecule has 0 N–H and O–H groups in total. The smallest absolute Gasteiger partial charge is 0.268 e. The van der Waals surface area contributed by atoms with Gasteiger partial charge in [-0.05, 0) is 86.7 Å². The van der Waals surface area contributed by atoms with Crippen molar-refractivity contribution >= 4 is 69.7 Å². The zero-order valence-electron chi connectivity index (χ0n) is 46.9. The zero-order valence-corrected chi connectivity index (χ0v) is 51.2. The Bertz CT molecular complexity index is 4160. The molecule has 14 rings (SSSR count). The van der Waals surface area contributed by atoms with Gasteiger partial charge in [0, 0.05) is 44.3 Å². The van der Waals surface area contributed by atoms with Crippen molar-refractivity contribution in [3.05, 3.63) is 249 Å². The Morgan fingerprint density at radius 2 is 1.04 bits per heavy atom. The monoisotopic (exact) mass is 1280 g/mol. The number of rotatable bonds is 11. The van der Waals surface area contributed by atoms with E-state index in [2.05, 4.69) is 259 Å². The third-order valence-corrected chi connectivity index (χ3v) is 28.5. The summed E-state index contributed by atoms with van der Waals surface area (Å²) in [6.45, 7) is 6.72. The van der Waals surface area contributed by atoms with E-state index < -0.39 is 16.1 Å². The number of nitrogens with zero attached hydrogens (tertiary/aromatic N) is 4. The maximum Gasteiger partial charge on any atom is 0.268 e. The number of hydrogen-bond donors (Lipinski definition) is 0. The molecule has 0 spiro atoms. The van der Waals surface area contributed by atoms with Gasteiger partial charge in [0.2, 0.25) is 0 Å². The Morgan fingerprint density at radius 3 is 1.67 bits per heavy atom. The van der Waals surface area contributed by atoms with E-state index in [1.165, 1.54) is 101 Å². The first kappa shape index (κ1) is 53.6. The van der Waals surface area contributed by atoms with Gasteiger partial charge in [0.1, 0.15) is 22.0 Å². The summed E-state index contributed by atoms with van der Waals surface area (Å²) in [7, 11) is -4.09. The number of para-hydroxylation sites is 4. The van der Waals surface area contributed by atoms with Crippen LogP contribution < -0.4 is 30.1 Å². The van der Waals surface area contributed by atoms with Gasteiger partial charge in [-0.15, -0.1) is 29.7 Å². The Balaban J connectivity index is 0.00000631. The molecule has 8 heteroatoms. The van der Waals surface area contributed by atoms with Crippen LogP contribution in [-0.4, -0.2) is 30.3 Å². The molecular formula is C74H66N4OPtSi2-2. The number of pyridine rings is 1. The third kappa shape index (κ3) is 9.64. The molecule has 2 saturated heterocycles. The Morgan fingerprint density at radius 1 is 0.488 bits per heavy atom. The van der Waals surface area contributed by atoms with Crippen LogP contribution in [0, 0.1) is 18.5 Å². The molecule has 12 aromatic rings. The summed E-state index contributed by atoms with van der Waals surface area (Å²) in [4.78, 5) is 4.91. The fraction of sp³-hybridized carbons (Fsp3) is 0.189. The average molecular weight is 1280 g/mol. The molecule has 9 aromatic carbocycles. The fourth-order valence-electron chi connectivity index (χ4n) is 13.9. The molecule has 0 radical (unpaired) electrons. The molecule has 5 heterocycles. The number of benzene rings is 9. The summed E-state index contributed by atoms with van der Waals surface area (Å²) < 4.78 is 13.5. The standard InChI is InChI=1S/C74H66N4OSi2.Pt/c1-74(2,3)56-42-43-75-72(50-56)78-68-37-13-12-34-66(68)67-41-40-59(52-71(67)78)79-58-27-22-26-57(51-58)76-53-77(70-39-15-14-38-69(70)76)73-64(54-24-20-32-62(48-54)80(44-16-6-17-45-80)60-28-8-4-9-29-60)35-23-36-65(73)55-25-21-33-63(49-55)81(46-18-7-19-47-81)61-30-10-5-11-31-61;/h4-5,8-15,20-43,48-50H,6-7,16-19,44-47H2,1-3H3;/q-2;. The van der Waals surface area contributed by atoms with Gasteiger partial charge >= 0.3 is 0 Å². The van der Waals surface area contributed by atoms with E-state index in [0.29, 0.717) is 11.5 Å². The summed E-state index contributed by atoms with van der Waals surface area (Å²) >= 11 is 0. The van der Waals surface area contributed by atoms with Gasteiger partial charge in [0.05, 0.1) is 16.7 Å². The van der Waals surface area contributed by atoms with Crippen molar-refractivity contribution in [3.63, 3.8) is 0 Å². The molecule has 5 nitrogen and oxygen atoms in total. The van der Waals surface area contributed by atoms with E-state index >= 15 is 0 Å². The summed E-state index contributed by atoms with van der Waals surface area (Å²) in [6, 6.07) is 93.8. The molecule has 0 bridgehead atoms. The molecule has 2 aliphatic heterocycles. The van der Waals surface area contributed by atoms with Crippen LogP contribution in [0.4, 0.5) is 0 Å². The Hall–Kier alpha value is -7.68. The molecule has 82 heavy (non-hydrogen) atoms. The minimum Gasteiger partial charge on any atom is -0.510 e. The second-order valence-corrected chi connectivity index (χ2v) is 32.4. The number of ether oxygens (including phenoxy) is 1. The zero-order chi connectivity index (χ0) is 54.5. The fourth-order valence-corrected chi connectivity index (χ4v) is 24.1. The molecule has 2 fully saturated rings. The number of aromatic nitrogens is 4. The minimum absolute atomic E-state index is 0. The summed E-state index contributed by atoms with van der Waals surface area (Å²) in [5, 5.41) is 8.41. The summed E-state index contributed by atoms with van der Waals surface area (Å²) in [6.07, 6.45) is 13.7. The number of imidazole rings is 1. The van der Waals surface area contributed by atoms with E-state index in [-0.39, 0.29) is 26.5 Å². The molecule has 0 saturated carbocycles. The van der Waals surface area contributed by atoms with Crippen LogP contribution in [0.3, 0.4) is 0 Å². The van der Waals surface area contributed by atoms with Crippen LogP contribution >= 0.6 is 0 Å². The predicted octanol–water partition coefficient (Wildman–Crippen LogP) is 15.7. The third-order valence-electron chi connectivity index (χ3n) is 18.0. The van der Waals surface area contributed by atoms with E-state index in [9.17, 15) is 0 Å². The van der Waals surface area contributed by atoms with E-state index in [1.807, 2.05) is 18.3 Å². The van der Waals surface area contributed by atoms with Crippen LogP contribution in [0.25, 0.3) is 72.3 Å². The van der Waals surface area contributed by atoms with Crippen LogP contribution in [0.5, 0.6) is 11.5 Å². The molecule has 0 amide bonds. The van der Waals surface area contributed by atoms with Gasteiger partial charge in [0.15, 0.2) is 0 Å². The molecule has 408 valence electrons. The van der Waals surface area contributed by atoms with Gasteiger partial charge in [-0.3, -0.25) is 4.57 Å². The number of fused-ring (bicyclic) bond motifs is 4. The predicted molar refractivity (Wildman–Crippen MR) is 339 cm³/mol. The molecule has 3 aromatic heterocycles. The maximum atomic E-state index is 6.80. The first-order chi connectivity index (χ1) is 39.7. The molecular weight excluding hydrogens is 1210 g/mol. The Kier molecular flexibility index (Phi) is 14.5. The van der Waals surface area contributed by atoms with Gasteiger partial charge in [-0.1, -0.05) is 255 Å². The van der Waals surface area contributed by atoms with Crippen molar-refractivity contribution in [1.29, 1.82) is 0 Å². The van der Waals surface area contributed by atoms with Gasteiger partial charge in [-0.2, -0.15) is 18.2 Å². The average Bonchev–Trinajstić information content (AvgIpc) is 4.04. The van der Waals surface area contributed by atoms with Crippen molar-refractivity contribution in [2.24, 2.45) is 0 Å². The van der Waals surface area contributed by atoms with E-state index in [1.54, 1.807) is 10.4 Å². The van der Waals surface area contributed by atoms with Crippen LogP contribution in [0.15, 0.2) is 225 Å².